The van der Waals surface area contributed by atoms with E-state index in [9.17, 15) is 4.79 Å². The van der Waals surface area contributed by atoms with Gasteiger partial charge in [-0.2, -0.15) is 5.10 Å². The molecule has 0 aliphatic rings. The number of carbonyl (C=O) groups is 1. The largest absolute Gasteiger partial charge is 0.490 e. The lowest BCUT2D eigenvalue weighted by molar-refractivity contribution is -0.123. The van der Waals surface area contributed by atoms with Crippen LogP contribution < -0.4 is 14.9 Å². The topological polar surface area (TPSA) is 59.9 Å². The lowest BCUT2D eigenvalue weighted by Gasteiger charge is -2.06. The lowest BCUT2D eigenvalue weighted by atomic mass is 10.1. The van der Waals surface area contributed by atoms with E-state index >= 15 is 0 Å². The number of carbonyl (C=O) groups excluding carboxylic acids is 1. The van der Waals surface area contributed by atoms with Gasteiger partial charge in [-0.05, 0) is 52.7 Å². The second kappa shape index (κ2) is 9.20. The van der Waals surface area contributed by atoms with Crippen LogP contribution in [0.15, 0.2) is 84.5 Å². The Morgan fingerprint density at radius 2 is 1.70 bits per heavy atom. The number of amides is 1. The molecule has 0 radical (unpaired) electrons. The number of rotatable bonds is 8. The average molecular weight is 360 g/mol. The first-order valence-corrected chi connectivity index (χ1v) is 8.52. The lowest BCUT2D eigenvalue weighted by Crippen LogP contribution is -2.24. The Kier molecular flexibility index (Phi) is 6.20. The predicted molar refractivity (Wildman–Crippen MR) is 107 cm³/mol. The van der Waals surface area contributed by atoms with Gasteiger partial charge in [0, 0.05) is 0 Å². The first-order chi connectivity index (χ1) is 13.2. The maximum absolute atomic E-state index is 11.9. The summed E-state index contributed by atoms with van der Waals surface area (Å²) in [7, 11) is 0. The van der Waals surface area contributed by atoms with Crippen LogP contribution >= 0.6 is 0 Å². The number of nitrogens with one attached hydrogen (secondary N) is 1. The Bertz CT molecular complexity index is 949. The molecule has 0 spiro atoms. The number of hydrazone groups is 1. The van der Waals surface area contributed by atoms with E-state index in [1.807, 2.05) is 66.7 Å². The number of nitrogens with zero attached hydrogens (tertiary/aromatic N) is 1. The first-order valence-electron chi connectivity index (χ1n) is 8.52. The molecule has 0 aromatic heterocycles. The first kappa shape index (κ1) is 18.2. The Morgan fingerprint density at radius 1 is 0.963 bits per heavy atom. The molecule has 0 unspecified atom stereocenters. The zero-order chi connectivity index (χ0) is 18.9. The van der Waals surface area contributed by atoms with Gasteiger partial charge in [0.15, 0.2) is 6.61 Å². The smallest absolute Gasteiger partial charge is 0.277 e. The highest BCUT2D eigenvalue weighted by Gasteiger charge is 2.02. The third-order valence-electron chi connectivity index (χ3n) is 3.74. The van der Waals surface area contributed by atoms with Gasteiger partial charge < -0.3 is 9.47 Å². The van der Waals surface area contributed by atoms with Crippen LogP contribution in [-0.4, -0.2) is 25.3 Å². The fourth-order valence-electron chi connectivity index (χ4n) is 2.42. The van der Waals surface area contributed by atoms with Crippen molar-refractivity contribution in [2.45, 2.75) is 0 Å². The van der Waals surface area contributed by atoms with E-state index in [0.29, 0.717) is 12.4 Å². The highest BCUT2D eigenvalue weighted by Crippen LogP contribution is 2.20. The van der Waals surface area contributed by atoms with Crippen molar-refractivity contribution < 1.29 is 14.3 Å². The van der Waals surface area contributed by atoms with Crippen LogP contribution in [0, 0.1) is 0 Å². The summed E-state index contributed by atoms with van der Waals surface area (Å²) in [5, 5.41) is 6.12. The monoisotopic (exact) mass is 360 g/mol. The summed E-state index contributed by atoms with van der Waals surface area (Å²) in [6, 6.07) is 21.0. The van der Waals surface area contributed by atoms with Gasteiger partial charge in [0.05, 0.1) is 6.21 Å². The summed E-state index contributed by atoms with van der Waals surface area (Å²) in [4.78, 5) is 11.9. The molecule has 0 aliphatic carbocycles. The zero-order valence-electron chi connectivity index (χ0n) is 14.8. The molecule has 0 bridgehead atoms. The minimum atomic E-state index is -0.328. The van der Waals surface area contributed by atoms with Crippen LogP contribution in [0.25, 0.3) is 10.8 Å². The molecule has 5 nitrogen and oxygen atoms in total. The number of fused-ring (bicyclic) bond motifs is 1. The van der Waals surface area contributed by atoms with E-state index in [0.717, 1.165) is 22.1 Å². The number of benzene rings is 3. The predicted octanol–water partition coefficient (Wildman–Crippen LogP) is 3.93. The van der Waals surface area contributed by atoms with Gasteiger partial charge in [0.1, 0.15) is 18.1 Å². The number of hydrogen-bond acceptors (Lipinski definition) is 4. The summed E-state index contributed by atoms with van der Waals surface area (Å²) in [5.41, 5.74) is 3.29. The van der Waals surface area contributed by atoms with Crippen molar-refractivity contribution in [3.8, 4) is 11.5 Å². The van der Waals surface area contributed by atoms with Crippen molar-refractivity contribution in [3.05, 3.63) is 84.9 Å². The van der Waals surface area contributed by atoms with Crippen molar-refractivity contribution in [1.29, 1.82) is 0 Å². The Labute approximate surface area is 157 Å². The third-order valence-corrected chi connectivity index (χ3v) is 3.74. The molecular weight excluding hydrogens is 340 g/mol. The van der Waals surface area contributed by atoms with E-state index < -0.39 is 0 Å². The molecule has 136 valence electrons. The van der Waals surface area contributed by atoms with Crippen LogP contribution in [0.5, 0.6) is 11.5 Å². The molecule has 1 N–H and O–H groups in total. The summed E-state index contributed by atoms with van der Waals surface area (Å²) < 4.78 is 10.9. The van der Waals surface area contributed by atoms with Gasteiger partial charge in [-0.3, -0.25) is 4.79 Å². The molecule has 0 heterocycles. The van der Waals surface area contributed by atoms with Gasteiger partial charge in [-0.25, -0.2) is 5.43 Å². The van der Waals surface area contributed by atoms with Crippen LogP contribution in [-0.2, 0) is 4.79 Å². The molecule has 0 saturated heterocycles. The quantitative estimate of drug-likeness (QED) is 0.376. The van der Waals surface area contributed by atoms with Crippen molar-refractivity contribution in [2.24, 2.45) is 5.10 Å². The van der Waals surface area contributed by atoms with Crippen molar-refractivity contribution >= 4 is 22.9 Å². The molecule has 0 atom stereocenters. The molecule has 3 rings (SSSR count). The van der Waals surface area contributed by atoms with Gasteiger partial charge in [-0.15, -0.1) is 0 Å². The van der Waals surface area contributed by atoms with Gasteiger partial charge in [0.2, 0.25) is 0 Å². The number of hydrogen-bond donors (Lipinski definition) is 1. The maximum Gasteiger partial charge on any atom is 0.277 e. The summed E-state index contributed by atoms with van der Waals surface area (Å²) in [6.45, 7) is 3.95. The normalized spacial score (nSPS) is 10.7. The molecule has 3 aromatic carbocycles. The Morgan fingerprint density at radius 3 is 2.48 bits per heavy atom. The summed E-state index contributed by atoms with van der Waals surface area (Å²) >= 11 is 0. The minimum Gasteiger partial charge on any atom is -0.490 e. The number of ether oxygens (including phenoxy) is 2. The van der Waals surface area contributed by atoms with Gasteiger partial charge in [0.25, 0.3) is 5.91 Å². The van der Waals surface area contributed by atoms with Crippen molar-refractivity contribution in [3.63, 3.8) is 0 Å². The van der Waals surface area contributed by atoms with Crippen molar-refractivity contribution in [2.75, 3.05) is 13.2 Å². The van der Waals surface area contributed by atoms with E-state index in [4.69, 9.17) is 9.47 Å². The molecule has 0 aliphatic heterocycles. The maximum atomic E-state index is 11.9. The highest BCUT2D eigenvalue weighted by atomic mass is 16.5. The van der Waals surface area contributed by atoms with Crippen LogP contribution in [0.1, 0.15) is 5.56 Å². The standard InChI is InChI=1S/C22H20N2O3/c1-2-13-26-20-10-7-17(8-11-20)15-23-24-22(25)16-27-21-12-9-18-5-3-4-6-19(18)14-21/h2-12,14-15H,1,13,16H2,(H,24,25). The molecule has 3 aromatic rings. The van der Waals surface area contributed by atoms with E-state index in [1.165, 1.54) is 0 Å². The van der Waals surface area contributed by atoms with Gasteiger partial charge >= 0.3 is 0 Å². The highest BCUT2D eigenvalue weighted by molar-refractivity contribution is 5.84. The molecular formula is C22H20N2O3. The SMILES string of the molecule is C=CCOc1ccc(C=NNC(=O)COc2ccc3ccccc3c2)cc1. The second-order valence-corrected chi connectivity index (χ2v) is 5.76. The summed E-state index contributed by atoms with van der Waals surface area (Å²) in [6.07, 6.45) is 3.25. The van der Waals surface area contributed by atoms with Crippen molar-refractivity contribution in [1.82, 2.24) is 5.43 Å². The summed E-state index contributed by atoms with van der Waals surface area (Å²) in [5.74, 6) is 1.06. The van der Waals surface area contributed by atoms with Crippen LogP contribution in [0.4, 0.5) is 0 Å². The Hall–Kier alpha value is -3.60. The average Bonchev–Trinajstić information content (AvgIpc) is 2.71. The molecule has 0 saturated carbocycles. The second-order valence-electron chi connectivity index (χ2n) is 5.76. The van der Waals surface area contributed by atoms with Gasteiger partial charge in [-0.1, -0.05) is 43.0 Å². The zero-order valence-corrected chi connectivity index (χ0v) is 14.8. The van der Waals surface area contributed by atoms with E-state index in [-0.39, 0.29) is 12.5 Å². The minimum absolute atomic E-state index is 0.107. The van der Waals surface area contributed by atoms with E-state index in [2.05, 4.69) is 17.1 Å². The molecule has 0 fully saturated rings. The fourth-order valence-corrected chi connectivity index (χ4v) is 2.42. The van der Waals surface area contributed by atoms with Crippen LogP contribution in [0.2, 0.25) is 0 Å². The molecule has 1 amide bonds. The Balaban J connectivity index is 1.47. The fraction of sp³-hybridized carbons (Fsp3) is 0.0909. The van der Waals surface area contributed by atoms with E-state index in [1.54, 1.807) is 12.3 Å². The van der Waals surface area contributed by atoms with Crippen LogP contribution in [0.3, 0.4) is 0 Å². The molecule has 27 heavy (non-hydrogen) atoms. The third kappa shape index (κ3) is 5.44. The molecule has 5 heteroatoms.